The van der Waals surface area contributed by atoms with E-state index in [9.17, 15) is 0 Å². The molecule has 1 aliphatic heterocycles. The number of rotatable bonds is 4. The van der Waals surface area contributed by atoms with Crippen LogP contribution < -0.4 is 10.2 Å². The smallest absolute Gasteiger partial charge is 0.205 e. The molecule has 1 N–H and O–H groups in total. The number of hydrogen-bond acceptors (Lipinski definition) is 7. The van der Waals surface area contributed by atoms with E-state index >= 15 is 0 Å². The van der Waals surface area contributed by atoms with Gasteiger partial charge in [-0.25, -0.2) is 9.97 Å². The second-order valence-electron chi connectivity index (χ2n) is 5.58. The number of nitrogens with one attached hydrogen (secondary N) is 1. The Morgan fingerprint density at radius 3 is 2.64 bits per heavy atom. The number of piperazine rings is 1. The van der Waals surface area contributed by atoms with Crippen LogP contribution in [-0.4, -0.2) is 58.4 Å². The quantitative estimate of drug-likeness (QED) is 0.401. The zero-order chi connectivity index (χ0) is 16.9. The van der Waals surface area contributed by atoms with E-state index in [0.717, 1.165) is 61.8 Å². The lowest BCUT2D eigenvalue weighted by molar-refractivity contribution is 0.372. The van der Waals surface area contributed by atoms with Crippen molar-refractivity contribution in [3.63, 3.8) is 0 Å². The number of aliphatic imine (C=N–C) groups is 1. The summed E-state index contributed by atoms with van der Waals surface area (Å²) in [6.07, 6.45) is 0.893. The van der Waals surface area contributed by atoms with Crippen molar-refractivity contribution < 1.29 is 0 Å². The highest BCUT2D eigenvalue weighted by Crippen LogP contribution is 2.19. The van der Waals surface area contributed by atoms with E-state index in [1.807, 2.05) is 19.5 Å². The highest BCUT2D eigenvalue weighted by molar-refractivity contribution is 14.0. The minimum atomic E-state index is 0. The average molecular weight is 493 g/mol. The first-order valence-corrected chi connectivity index (χ1v) is 9.78. The summed E-state index contributed by atoms with van der Waals surface area (Å²) in [4.78, 5) is 19.2. The molecular formula is C15H24IN7S2. The monoisotopic (exact) mass is 493 g/mol. The topological polar surface area (TPSA) is 69.5 Å². The maximum Gasteiger partial charge on any atom is 0.205 e. The first kappa shape index (κ1) is 20.3. The fourth-order valence-electron chi connectivity index (χ4n) is 2.61. The van der Waals surface area contributed by atoms with Crippen LogP contribution in [-0.2, 0) is 13.0 Å². The van der Waals surface area contributed by atoms with Crippen molar-refractivity contribution in [2.45, 2.75) is 26.8 Å². The number of anilines is 1. The van der Waals surface area contributed by atoms with E-state index in [1.165, 1.54) is 16.4 Å². The Bertz CT molecular complexity index is 692. The number of thiazole rings is 1. The zero-order valence-corrected chi connectivity index (χ0v) is 18.7. The fraction of sp³-hybridized carbons (Fsp3) is 0.600. The summed E-state index contributed by atoms with van der Waals surface area (Å²) in [6, 6.07) is 0. The van der Waals surface area contributed by atoms with Gasteiger partial charge < -0.3 is 15.1 Å². The van der Waals surface area contributed by atoms with Crippen LogP contribution in [0.3, 0.4) is 0 Å². The summed E-state index contributed by atoms with van der Waals surface area (Å²) < 4.78 is 4.38. The first-order valence-electron chi connectivity index (χ1n) is 8.13. The SMILES string of the molecule is CCc1nsc(N2CCN(C(=NC)NCc3scnc3C)CC2)n1.I. The third-order valence-corrected chi connectivity index (χ3v) is 5.84. The molecule has 0 amide bonds. The van der Waals surface area contributed by atoms with Gasteiger partial charge in [0.1, 0.15) is 5.82 Å². The summed E-state index contributed by atoms with van der Waals surface area (Å²) in [5, 5.41) is 4.49. The Morgan fingerprint density at radius 2 is 2.08 bits per heavy atom. The molecule has 1 aliphatic rings. The van der Waals surface area contributed by atoms with Gasteiger partial charge in [-0.05, 0) is 6.92 Å². The molecule has 1 saturated heterocycles. The molecule has 0 unspecified atom stereocenters. The average Bonchev–Trinajstić information content (AvgIpc) is 3.25. The number of aryl methyl sites for hydroxylation is 2. The van der Waals surface area contributed by atoms with E-state index in [2.05, 4.69) is 41.4 Å². The molecule has 0 bridgehead atoms. The van der Waals surface area contributed by atoms with E-state index in [0.29, 0.717) is 0 Å². The van der Waals surface area contributed by atoms with E-state index in [-0.39, 0.29) is 24.0 Å². The van der Waals surface area contributed by atoms with Gasteiger partial charge in [0, 0.05) is 56.1 Å². The van der Waals surface area contributed by atoms with E-state index in [1.54, 1.807) is 11.3 Å². The maximum absolute atomic E-state index is 4.59. The summed E-state index contributed by atoms with van der Waals surface area (Å²) in [5.74, 6) is 1.89. The normalized spacial score (nSPS) is 15.2. The van der Waals surface area contributed by atoms with Crippen LogP contribution in [0.4, 0.5) is 5.13 Å². The summed E-state index contributed by atoms with van der Waals surface area (Å²) in [6.45, 7) is 8.66. The third kappa shape index (κ3) is 5.00. The standard InChI is InChI=1S/C15H23N7S2.HI/c1-4-13-19-15(24-20-13)22-7-5-21(6-8-22)14(16-3)17-9-12-11(2)18-10-23-12;/h10H,4-9H2,1-3H3,(H,16,17);1H. The first-order chi connectivity index (χ1) is 11.7. The molecule has 138 valence electrons. The van der Waals surface area contributed by atoms with Crippen LogP contribution >= 0.6 is 46.8 Å². The largest absolute Gasteiger partial charge is 0.351 e. The summed E-state index contributed by atoms with van der Waals surface area (Å²) in [7, 11) is 1.84. The van der Waals surface area contributed by atoms with Crippen LogP contribution in [0.1, 0.15) is 23.3 Å². The van der Waals surface area contributed by atoms with Crippen molar-refractivity contribution in [3.8, 4) is 0 Å². The molecule has 0 saturated carbocycles. The number of nitrogens with zero attached hydrogens (tertiary/aromatic N) is 6. The molecule has 0 radical (unpaired) electrons. The molecule has 25 heavy (non-hydrogen) atoms. The molecule has 10 heteroatoms. The zero-order valence-electron chi connectivity index (χ0n) is 14.7. The predicted molar refractivity (Wildman–Crippen MR) is 116 cm³/mol. The van der Waals surface area contributed by atoms with Crippen LogP contribution in [0, 0.1) is 6.92 Å². The number of halogens is 1. The van der Waals surface area contributed by atoms with Crippen LogP contribution in [0.15, 0.2) is 10.5 Å². The Hall–Kier alpha value is -1.01. The Labute approximate surface area is 173 Å². The lowest BCUT2D eigenvalue weighted by atomic mass is 10.3. The Balaban J connectivity index is 0.00000225. The van der Waals surface area contributed by atoms with Gasteiger partial charge in [-0.2, -0.15) is 4.37 Å². The van der Waals surface area contributed by atoms with Gasteiger partial charge in [-0.3, -0.25) is 4.99 Å². The van der Waals surface area contributed by atoms with Crippen molar-refractivity contribution in [3.05, 3.63) is 21.9 Å². The molecule has 3 heterocycles. The van der Waals surface area contributed by atoms with Gasteiger partial charge in [0.25, 0.3) is 0 Å². The number of guanidine groups is 1. The third-order valence-electron chi connectivity index (χ3n) is 4.09. The molecule has 2 aromatic heterocycles. The van der Waals surface area contributed by atoms with Crippen molar-refractivity contribution >= 4 is 57.9 Å². The second kappa shape index (κ2) is 9.62. The lowest BCUT2D eigenvalue weighted by Crippen LogP contribution is -2.52. The highest BCUT2D eigenvalue weighted by Gasteiger charge is 2.22. The second-order valence-corrected chi connectivity index (χ2v) is 7.25. The molecule has 2 aromatic rings. The van der Waals surface area contributed by atoms with E-state index in [4.69, 9.17) is 0 Å². The number of hydrogen-bond donors (Lipinski definition) is 1. The van der Waals surface area contributed by atoms with Gasteiger partial charge in [0.05, 0.1) is 17.7 Å². The van der Waals surface area contributed by atoms with Crippen LogP contribution in [0.5, 0.6) is 0 Å². The Morgan fingerprint density at radius 1 is 1.32 bits per heavy atom. The molecular weight excluding hydrogens is 469 g/mol. The van der Waals surface area contributed by atoms with Gasteiger partial charge in [-0.15, -0.1) is 35.3 Å². The predicted octanol–water partition coefficient (Wildman–Crippen LogP) is 2.38. The van der Waals surface area contributed by atoms with Crippen molar-refractivity contribution in [1.82, 2.24) is 24.6 Å². The minimum Gasteiger partial charge on any atom is -0.351 e. The van der Waals surface area contributed by atoms with Crippen molar-refractivity contribution in [2.24, 2.45) is 4.99 Å². The summed E-state index contributed by atoms with van der Waals surface area (Å²) in [5.41, 5.74) is 2.98. The van der Waals surface area contributed by atoms with Crippen LogP contribution in [0.2, 0.25) is 0 Å². The molecule has 3 rings (SSSR count). The van der Waals surface area contributed by atoms with Gasteiger partial charge in [0.2, 0.25) is 5.13 Å². The number of aromatic nitrogens is 3. The molecule has 0 atom stereocenters. The molecule has 0 aromatic carbocycles. The fourth-order valence-corrected chi connectivity index (χ4v) is 4.13. The molecule has 0 spiro atoms. The molecule has 1 fully saturated rings. The van der Waals surface area contributed by atoms with Crippen molar-refractivity contribution in [1.29, 1.82) is 0 Å². The molecule has 0 aliphatic carbocycles. The molecule has 7 nitrogen and oxygen atoms in total. The lowest BCUT2D eigenvalue weighted by Gasteiger charge is -2.36. The Kier molecular flexibility index (Phi) is 7.81. The van der Waals surface area contributed by atoms with Crippen LogP contribution in [0.25, 0.3) is 0 Å². The van der Waals surface area contributed by atoms with Gasteiger partial charge >= 0.3 is 0 Å². The van der Waals surface area contributed by atoms with E-state index < -0.39 is 0 Å². The van der Waals surface area contributed by atoms with Gasteiger partial charge in [0.15, 0.2) is 5.96 Å². The highest BCUT2D eigenvalue weighted by atomic mass is 127. The van der Waals surface area contributed by atoms with Crippen molar-refractivity contribution in [2.75, 3.05) is 38.1 Å². The minimum absolute atomic E-state index is 0. The summed E-state index contributed by atoms with van der Waals surface area (Å²) >= 11 is 3.18. The maximum atomic E-state index is 4.59. The van der Waals surface area contributed by atoms with Gasteiger partial charge in [-0.1, -0.05) is 6.92 Å².